The number of aryl methyl sites for hydroxylation is 1. The first-order valence-electron chi connectivity index (χ1n) is 11.6. The molecule has 2 aliphatic heterocycles. The minimum absolute atomic E-state index is 0.107. The summed E-state index contributed by atoms with van der Waals surface area (Å²) in [6.45, 7) is 6.42. The molecule has 2 aliphatic rings. The van der Waals surface area contributed by atoms with Crippen LogP contribution in [-0.2, 0) is 4.79 Å². The molecule has 4 heterocycles. The summed E-state index contributed by atoms with van der Waals surface area (Å²) >= 11 is 1.45. The van der Waals surface area contributed by atoms with Gasteiger partial charge in [-0.1, -0.05) is 0 Å². The normalized spacial score (nSPS) is 15.4. The number of rotatable bonds is 4. The maximum atomic E-state index is 13.0. The fourth-order valence-electron chi connectivity index (χ4n) is 4.44. The average Bonchev–Trinajstić information content (AvgIpc) is 3.26. The highest BCUT2D eigenvalue weighted by molar-refractivity contribution is 7.16. The van der Waals surface area contributed by atoms with Crippen LogP contribution >= 0.6 is 11.3 Å². The summed E-state index contributed by atoms with van der Waals surface area (Å²) in [4.78, 5) is 45.7. The Morgan fingerprint density at radius 1 is 1.11 bits per heavy atom. The Balaban J connectivity index is 1.41. The summed E-state index contributed by atoms with van der Waals surface area (Å²) in [7, 11) is 5.20. The minimum Gasteiger partial charge on any atom is -0.494 e. The predicted molar refractivity (Wildman–Crippen MR) is 140 cm³/mol. The zero-order valence-electron chi connectivity index (χ0n) is 20.9. The van der Waals surface area contributed by atoms with Crippen LogP contribution in [0.15, 0.2) is 24.4 Å². The van der Waals surface area contributed by atoms with E-state index in [2.05, 4.69) is 20.2 Å². The smallest absolute Gasteiger partial charge is 0.279 e. The molecule has 2 aromatic heterocycles. The molecule has 1 fully saturated rings. The van der Waals surface area contributed by atoms with Gasteiger partial charge in [-0.05, 0) is 19.1 Å². The quantitative estimate of drug-likeness (QED) is 0.569. The van der Waals surface area contributed by atoms with Crippen LogP contribution in [-0.4, -0.2) is 79.1 Å². The molecule has 2 amide bonds. The third kappa shape index (κ3) is 4.17. The molecule has 11 nitrogen and oxygen atoms in total. The van der Waals surface area contributed by atoms with Crippen LogP contribution in [0.25, 0.3) is 0 Å². The van der Waals surface area contributed by atoms with E-state index in [1.165, 1.54) is 16.2 Å². The number of thiazole rings is 1. The fraction of sp³-hybridized carbons (Fsp3) is 0.375. The molecule has 36 heavy (non-hydrogen) atoms. The number of amides is 2. The third-order valence-electron chi connectivity index (χ3n) is 6.48. The molecule has 5 rings (SSSR count). The fourth-order valence-corrected chi connectivity index (χ4v) is 5.31. The number of carbonyl (C=O) groups excluding carboxylic acids is 2. The van der Waals surface area contributed by atoms with E-state index in [0.29, 0.717) is 42.0 Å². The molecule has 0 radical (unpaired) electrons. The number of nitrogens with one attached hydrogen (secondary N) is 1. The van der Waals surface area contributed by atoms with Gasteiger partial charge in [0.1, 0.15) is 16.4 Å². The average molecular weight is 509 g/mol. The van der Waals surface area contributed by atoms with Crippen molar-refractivity contribution in [1.82, 2.24) is 19.9 Å². The van der Waals surface area contributed by atoms with Crippen molar-refractivity contribution in [2.75, 3.05) is 67.4 Å². The highest BCUT2D eigenvalue weighted by Gasteiger charge is 2.32. The van der Waals surface area contributed by atoms with Crippen LogP contribution in [0.4, 0.5) is 33.8 Å². The second-order valence-corrected chi connectivity index (χ2v) is 9.90. The van der Waals surface area contributed by atoms with Crippen molar-refractivity contribution in [2.24, 2.45) is 0 Å². The first-order chi connectivity index (χ1) is 17.3. The lowest BCUT2D eigenvalue weighted by atomic mass is 10.2. The second-order valence-electron chi connectivity index (χ2n) is 8.71. The van der Waals surface area contributed by atoms with Gasteiger partial charge in [0.05, 0.1) is 24.0 Å². The summed E-state index contributed by atoms with van der Waals surface area (Å²) in [5.41, 5.74) is 2.76. The Kier molecular flexibility index (Phi) is 6.12. The summed E-state index contributed by atoms with van der Waals surface area (Å²) in [6, 6.07) is 5.92. The van der Waals surface area contributed by atoms with Gasteiger partial charge in [-0.25, -0.2) is 9.97 Å². The zero-order valence-corrected chi connectivity index (χ0v) is 21.7. The molecule has 0 aliphatic carbocycles. The second kappa shape index (κ2) is 9.26. The van der Waals surface area contributed by atoms with Gasteiger partial charge in [0.25, 0.3) is 5.91 Å². The number of ether oxygens (including phenoxy) is 1. The number of fused-ring (bicyclic) bond motifs is 2. The lowest BCUT2D eigenvalue weighted by molar-refractivity contribution is -0.129. The van der Waals surface area contributed by atoms with Crippen molar-refractivity contribution in [1.29, 1.82) is 0 Å². The molecule has 12 heteroatoms. The van der Waals surface area contributed by atoms with Gasteiger partial charge >= 0.3 is 0 Å². The van der Waals surface area contributed by atoms with E-state index in [1.807, 2.05) is 42.0 Å². The Morgan fingerprint density at radius 3 is 2.56 bits per heavy atom. The molecule has 1 aromatic carbocycles. The lowest BCUT2D eigenvalue weighted by Crippen LogP contribution is -2.48. The summed E-state index contributed by atoms with van der Waals surface area (Å²) in [6.07, 6.45) is 1.64. The number of methoxy groups -OCH3 is 1. The van der Waals surface area contributed by atoms with E-state index in [4.69, 9.17) is 9.72 Å². The number of anilines is 6. The highest BCUT2D eigenvalue weighted by atomic mass is 32.1. The van der Waals surface area contributed by atoms with E-state index in [1.54, 1.807) is 27.3 Å². The molecular formula is C24H28N8O3S. The minimum atomic E-state index is -0.189. The van der Waals surface area contributed by atoms with Crippen LogP contribution in [0.2, 0.25) is 0 Å². The summed E-state index contributed by atoms with van der Waals surface area (Å²) < 4.78 is 5.66. The first kappa shape index (κ1) is 23.8. The Morgan fingerprint density at radius 2 is 1.86 bits per heavy atom. The molecule has 0 atom stereocenters. The third-order valence-corrected chi connectivity index (χ3v) is 7.53. The van der Waals surface area contributed by atoms with Gasteiger partial charge in [-0.3, -0.25) is 9.59 Å². The van der Waals surface area contributed by atoms with E-state index in [0.717, 1.165) is 34.5 Å². The van der Waals surface area contributed by atoms with Crippen molar-refractivity contribution in [2.45, 2.75) is 13.8 Å². The zero-order chi connectivity index (χ0) is 25.6. The molecule has 0 saturated carbocycles. The maximum absolute atomic E-state index is 13.0. The molecule has 3 aromatic rings. The maximum Gasteiger partial charge on any atom is 0.279 e. The number of hydrogen-bond donors (Lipinski definition) is 1. The number of nitrogens with zero attached hydrogens (tertiary/aromatic N) is 7. The van der Waals surface area contributed by atoms with Crippen LogP contribution in [0.1, 0.15) is 22.4 Å². The molecule has 188 valence electrons. The standard InChI is InChI=1S/C24H28N8O3S/c1-14-26-20-22(34)29(3)18-13-25-24(28-21(18)30(4)23(20)36-14)27-17-7-6-16(12-19(17)35-5)32-10-8-31(9-11-32)15(2)33/h6-7,12-13H,8-11H2,1-5H3,(H,25,27,28). The first-order valence-corrected chi connectivity index (χ1v) is 12.4. The van der Waals surface area contributed by atoms with E-state index >= 15 is 0 Å². The van der Waals surface area contributed by atoms with Crippen molar-refractivity contribution in [3.05, 3.63) is 35.1 Å². The number of carbonyl (C=O) groups is 2. The number of hydrogen-bond acceptors (Lipinski definition) is 10. The van der Waals surface area contributed by atoms with Gasteiger partial charge in [-0.2, -0.15) is 4.98 Å². The predicted octanol–water partition coefficient (Wildman–Crippen LogP) is 3.02. The molecule has 0 spiro atoms. The largest absolute Gasteiger partial charge is 0.494 e. The highest BCUT2D eigenvalue weighted by Crippen LogP contribution is 2.41. The Labute approximate surface area is 213 Å². The molecule has 0 bridgehead atoms. The molecule has 0 unspecified atom stereocenters. The Hall–Kier alpha value is -3.93. The van der Waals surface area contributed by atoms with Gasteiger partial charge in [0.2, 0.25) is 11.9 Å². The Bertz CT molecular complexity index is 1330. The van der Waals surface area contributed by atoms with Crippen molar-refractivity contribution < 1.29 is 14.3 Å². The van der Waals surface area contributed by atoms with Crippen molar-refractivity contribution >= 4 is 57.0 Å². The van der Waals surface area contributed by atoms with Crippen LogP contribution in [0.3, 0.4) is 0 Å². The number of aromatic nitrogens is 3. The molecular weight excluding hydrogens is 480 g/mol. The van der Waals surface area contributed by atoms with Crippen LogP contribution in [0.5, 0.6) is 5.75 Å². The van der Waals surface area contributed by atoms with E-state index in [-0.39, 0.29) is 11.8 Å². The number of piperazine rings is 1. The summed E-state index contributed by atoms with van der Waals surface area (Å²) in [5.74, 6) is 1.55. The monoisotopic (exact) mass is 508 g/mol. The van der Waals surface area contributed by atoms with Gasteiger partial charge in [0.15, 0.2) is 11.5 Å². The van der Waals surface area contributed by atoms with Gasteiger partial charge in [-0.15, -0.1) is 11.3 Å². The summed E-state index contributed by atoms with van der Waals surface area (Å²) in [5, 5.41) is 4.83. The van der Waals surface area contributed by atoms with Crippen LogP contribution < -0.4 is 24.8 Å². The van der Waals surface area contributed by atoms with Gasteiger partial charge < -0.3 is 29.7 Å². The van der Waals surface area contributed by atoms with Crippen LogP contribution in [0, 0.1) is 6.92 Å². The lowest BCUT2D eigenvalue weighted by Gasteiger charge is -2.35. The van der Waals surface area contributed by atoms with Gasteiger partial charge in [0, 0.05) is 59.0 Å². The SMILES string of the molecule is COc1cc(N2CCN(C(C)=O)CC2)ccc1Nc1ncc2c(n1)N(C)c1sc(C)nc1C(=O)N2C. The number of benzene rings is 1. The topological polar surface area (TPSA) is 107 Å². The van der Waals surface area contributed by atoms with E-state index < -0.39 is 0 Å². The van der Waals surface area contributed by atoms with Crippen molar-refractivity contribution in [3.8, 4) is 5.75 Å². The van der Waals surface area contributed by atoms with E-state index in [9.17, 15) is 9.59 Å². The van der Waals surface area contributed by atoms with Crippen molar-refractivity contribution in [3.63, 3.8) is 0 Å². The molecule has 1 N–H and O–H groups in total. The molecule has 1 saturated heterocycles.